The predicted molar refractivity (Wildman–Crippen MR) is 218 cm³/mol. The summed E-state index contributed by atoms with van der Waals surface area (Å²) in [5, 5.41) is 55.7. The molecule has 2 aliphatic rings. The molecule has 0 amide bonds. The normalized spacial score (nSPS) is 15.5. The number of fused-ring (bicyclic) bond motifs is 5. The van der Waals surface area contributed by atoms with Crippen LogP contribution in [0.1, 0.15) is 87.4 Å². The maximum absolute atomic E-state index is 13.9. The fourth-order valence-electron chi connectivity index (χ4n) is 8.35. The third-order valence-corrected chi connectivity index (χ3v) is 11.6. The van der Waals surface area contributed by atoms with Gasteiger partial charge in [0.2, 0.25) is 0 Å². The van der Waals surface area contributed by atoms with Gasteiger partial charge < -0.3 is 44.4 Å². The van der Waals surface area contributed by atoms with Crippen LogP contribution in [0.15, 0.2) is 77.2 Å². The molecule has 58 heavy (non-hydrogen) atoms. The molecular formula is C44H46N6O8. The summed E-state index contributed by atoms with van der Waals surface area (Å²) < 4.78 is 16.6. The van der Waals surface area contributed by atoms with Crippen molar-refractivity contribution in [2.45, 2.75) is 84.7 Å². The number of hydrogen-bond acceptors (Lipinski definition) is 11. The number of ether oxygens (including phenoxy) is 2. The smallest absolute Gasteiger partial charge is 0.319 e. The summed E-state index contributed by atoms with van der Waals surface area (Å²) in [6.07, 6.45) is 3.08. The van der Waals surface area contributed by atoms with Crippen molar-refractivity contribution in [3.63, 3.8) is 0 Å². The Kier molecular flexibility index (Phi) is 9.75. The van der Waals surface area contributed by atoms with E-state index in [2.05, 4.69) is 27.0 Å². The van der Waals surface area contributed by atoms with Gasteiger partial charge in [-0.3, -0.25) is 9.59 Å². The number of nitrogens with one attached hydrogen (secondary N) is 1. The fraction of sp³-hybridized carbons (Fsp3) is 0.318. The molecule has 300 valence electrons. The van der Waals surface area contributed by atoms with Gasteiger partial charge in [-0.1, -0.05) is 32.8 Å². The van der Waals surface area contributed by atoms with E-state index in [1.54, 1.807) is 17.6 Å². The Balaban J connectivity index is 1.02. The van der Waals surface area contributed by atoms with E-state index in [0.717, 1.165) is 45.4 Å². The molecular weight excluding hydrogens is 741 g/mol. The van der Waals surface area contributed by atoms with Gasteiger partial charge in [-0.15, -0.1) is 5.10 Å². The van der Waals surface area contributed by atoms with Crippen molar-refractivity contribution >= 4 is 28.6 Å². The topological polar surface area (TPSA) is 186 Å². The molecule has 0 aliphatic carbocycles. The minimum Gasteiger partial charge on any atom is -0.508 e. The summed E-state index contributed by atoms with van der Waals surface area (Å²) in [7, 11) is 0. The summed E-state index contributed by atoms with van der Waals surface area (Å²) in [5.41, 5.74) is 6.59. The van der Waals surface area contributed by atoms with Gasteiger partial charge in [0.05, 0.1) is 35.0 Å². The molecule has 0 saturated heterocycles. The van der Waals surface area contributed by atoms with E-state index in [0.29, 0.717) is 60.7 Å². The predicted octanol–water partition coefficient (Wildman–Crippen LogP) is 7.00. The highest BCUT2D eigenvalue weighted by molar-refractivity contribution is 5.85. The second kappa shape index (κ2) is 14.8. The Morgan fingerprint density at radius 2 is 1.81 bits per heavy atom. The quantitative estimate of drug-likeness (QED) is 0.0759. The van der Waals surface area contributed by atoms with Crippen molar-refractivity contribution in [1.29, 1.82) is 0 Å². The molecule has 2 aliphatic heterocycles. The number of pyridine rings is 1. The first-order valence-electron chi connectivity index (χ1n) is 19.4. The van der Waals surface area contributed by atoms with E-state index in [-0.39, 0.29) is 53.0 Å². The van der Waals surface area contributed by atoms with E-state index in [4.69, 9.17) is 9.47 Å². The van der Waals surface area contributed by atoms with Crippen LogP contribution in [0.25, 0.3) is 33.6 Å². The van der Waals surface area contributed by atoms with Crippen molar-refractivity contribution in [2.75, 3.05) is 11.9 Å². The molecule has 0 radical (unpaired) electrons. The van der Waals surface area contributed by atoms with Gasteiger partial charge in [-0.2, -0.15) is 0 Å². The van der Waals surface area contributed by atoms with E-state index >= 15 is 0 Å². The first-order valence-corrected chi connectivity index (χ1v) is 19.4. The molecule has 3 aromatic carbocycles. The lowest BCUT2D eigenvalue weighted by Gasteiger charge is -2.29. The molecule has 0 bridgehead atoms. The van der Waals surface area contributed by atoms with Crippen molar-refractivity contribution in [3.8, 4) is 40.3 Å². The highest BCUT2D eigenvalue weighted by Crippen LogP contribution is 2.47. The summed E-state index contributed by atoms with van der Waals surface area (Å²) >= 11 is 0. The van der Waals surface area contributed by atoms with Crippen molar-refractivity contribution in [3.05, 3.63) is 111 Å². The van der Waals surface area contributed by atoms with Crippen LogP contribution < -0.4 is 15.6 Å². The Morgan fingerprint density at radius 1 is 1.00 bits per heavy atom. The number of aromatic hydroxyl groups is 3. The number of anilines is 1. The van der Waals surface area contributed by atoms with E-state index in [1.165, 1.54) is 10.6 Å². The number of hydrogen-bond donors (Lipinski definition) is 5. The van der Waals surface area contributed by atoms with E-state index in [9.17, 15) is 30.0 Å². The van der Waals surface area contributed by atoms with Gasteiger partial charge in [-0.05, 0) is 103 Å². The molecule has 0 spiro atoms. The lowest BCUT2D eigenvalue weighted by molar-refractivity contribution is -0.129. The van der Waals surface area contributed by atoms with Crippen LogP contribution in [-0.2, 0) is 34.8 Å². The van der Waals surface area contributed by atoms with Gasteiger partial charge in [0.25, 0.3) is 12.0 Å². The molecule has 3 aromatic heterocycles. The fourth-order valence-corrected chi connectivity index (χ4v) is 8.35. The summed E-state index contributed by atoms with van der Waals surface area (Å²) in [4.78, 5) is 24.9. The van der Waals surface area contributed by atoms with Crippen LogP contribution in [0, 0.1) is 0 Å². The largest absolute Gasteiger partial charge is 0.508 e. The highest BCUT2D eigenvalue weighted by atomic mass is 16.5. The van der Waals surface area contributed by atoms with Crippen LogP contribution in [0.4, 0.5) is 5.69 Å². The van der Waals surface area contributed by atoms with Crippen LogP contribution in [0.3, 0.4) is 0 Å². The number of benzene rings is 3. The van der Waals surface area contributed by atoms with Crippen LogP contribution in [0.5, 0.6) is 23.3 Å². The molecule has 8 rings (SSSR count). The number of allylic oxidation sites excluding steroid dienone is 1. The summed E-state index contributed by atoms with van der Waals surface area (Å²) in [6, 6.07) is 17.9. The Morgan fingerprint density at radius 3 is 2.55 bits per heavy atom. The molecule has 0 fully saturated rings. The molecule has 14 nitrogen and oxygen atoms in total. The maximum atomic E-state index is 13.9. The maximum Gasteiger partial charge on any atom is 0.319 e. The Bertz CT molecular complexity index is 2690. The lowest BCUT2D eigenvalue weighted by atomic mass is 9.86. The lowest BCUT2D eigenvalue weighted by Crippen LogP contribution is -2.32. The van der Waals surface area contributed by atoms with Gasteiger partial charge in [0.15, 0.2) is 5.82 Å². The third kappa shape index (κ3) is 6.42. The number of aliphatic hydroxyl groups is 1. The molecule has 14 heteroatoms. The number of carbonyl (C=O) groups excluding carboxylic acids is 1. The first-order chi connectivity index (χ1) is 27.8. The molecule has 2 unspecified atom stereocenters. The molecule has 2 atom stereocenters. The number of aromatic nitrogens is 5. The number of nitrogens with zero attached hydrogens (tertiary/aromatic N) is 5. The van der Waals surface area contributed by atoms with Gasteiger partial charge in [-0.25, -0.2) is 4.57 Å². The second-order valence-electron chi connectivity index (χ2n) is 15.4. The second-order valence-corrected chi connectivity index (χ2v) is 15.4. The van der Waals surface area contributed by atoms with Crippen LogP contribution in [-0.4, -0.2) is 57.4 Å². The number of phenolic OH excluding ortho intramolecular Hbond substituents is 2. The van der Waals surface area contributed by atoms with Gasteiger partial charge in [0.1, 0.15) is 30.5 Å². The highest BCUT2D eigenvalue weighted by Gasteiger charge is 2.38. The van der Waals surface area contributed by atoms with Gasteiger partial charge in [0, 0.05) is 46.7 Å². The zero-order valence-electron chi connectivity index (χ0n) is 33.0. The molecule has 0 saturated carbocycles. The van der Waals surface area contributed by atoms with E-state index in [1.807, 2.05) is 75.5 Å². The minimum atomic E-state index is -1.28. The van der Waals surface area contributed by atoms with Gasteiger partial charge >= 0.3 is 6.01 Å². The number of rotatable bonds is 13. The molecule has 5 N–H and O–H groups in total. The monoisotopic (exact) mass is 786 g/mol. The van der Waals surface area contributed by atoms with E-state index < -0.39 is 5.60 Å². The first kappa shape index (κ1) is 38.3. The molecule has 5 heterocycles. The zero-order valence-corrected chi connectivity index (χ0v) is 33.0. The average Bonchev–Trinajstić information content (AvgIpc) is 3.91. The van der Waals surface area contributed by atoms with Crippen molar-refractivity contribution in [1.82, 2.24) is 23.9 Å². The average molecular weight is 787 g/mol. The van der Waals surface area contributed by atoms with Crippen LogP contribution >= 0.6 is 0 Å². The van der Waals surface area contributed by atoms with Crippen molar-refractivity contribution in [2.24, 2.45) is 0 Å². The molecule has 6 aromatic rings. The number of carbonyl (C=O) groups is 1. The Hall–Kier alpha value is -6.54. The summed E-state index contributed by atoms with van der Waals surface area (Å²) in [5.74, 6) is 0.730. The standard InChI is InChI=1S/C44H46N6O8/c1-6-28-30-17-27(9-10-35(30)45-40-32(28)21-49-37(40)19-34(44(5,56)7-2)33(42(49)54)22-57-23-51)58-15-14-48-13-12-25-16-26(8-11-36(25)48)50-41(46-47-43(50)55)31-18-29(24(3)4)38(52)20-39(31)53/h8-13,16-20,23-24,40,45,52-53,56H,6-7,14-15,21-22H2,1-5H3,(H,47,55). The number of phenols is 2. The van der Waals surface area contributed by atoms with Crippen LogP contribution in [0.2, 0.25) is 0 Å². The van der Waals surface area contributed by atoms with Crippen molar-refractivity contribution < 1.29 is 34.7 Å². The minimum absolute atomic E-state index is 0.0150. The third-order valence-electron chi connectivity index (χ3n) is 11.6. The zero-order chi connectivity index (χ0) is 41.0. The SMILES string of the molecule is CCC1=C2Cn3c(cc(C(C)(O)CC)c(COC=O)c3=O)C2Nc2ccc(OCCn3ccc4cc(-n5c(O)nnc5-c5cc(C(C)C)c(O)cc5O)ccc43)cc21. The summed E-state index contributed by atoms with van der Waals surface area (Å²) in [6.45, 7) is 10.9. The Labute approximate surface area is 334 Å².